The predicted molar refractivity (Wildman–Crippen MR) is 122 cm³/mol. The van der Waals surface area contributed by atoms with Crippen LogP contribution in [-0.2, 0) is 0 Å². The molecule has 162 valence electrons. The molecule has 0 unspecified atom stereocenters. The number of amides is 3. The summed E-state index contributed by atoms with van der Waals surface area (Å²) in [6.07, 6.45) is 1.64. The number of hydrogen-bond acceptors (Lipinski definition) is 5. The summed E-state index contributed by atoms with van der Waals surface area (Å²) in [5, 5.41) is 6.30. The molecule has 3 amide bonds. The van der Waals surface area contributed by atoms with Crippen molar-refractivity contribution in [2.45, 2.75) is 0 Å². The third-order valence-corrected chi connectivity index (χ3v) is 4.86. The van der Waals surface area contributed by atoms with Crippen LogP contribution < -0.4 is 25.8 Å². The van der Waals surface area contributed by atoms with Crippen LogP contribution in [0, 0.1) is 0 Å². The zero-order chi connectivity index (χ0) is 22.7. The standard InChI is InChI=1S/C23H21N5O4/c1-31-16-10-15(11-17(12-16)32-2)27-23(30)26-14-7-5-13(6-8-14)19-18-4-3-9-25-22(18)28-20(19)21(24)29/h3-12H,1-2H3,(H2,24,29)(H,25,28)(H2,26,27,30). The van der Waals surface area contributed by atoms with E-state index in [1.54, 1.807) is 54.7 Å². The molecule has 2 aromatic carbocycles. The number of ether oxygens (including phenoxy) is 2. The summed E-state index contributed by atoms with van der Waals surface area (Å²) in [5.41, 5.74) is 8.92. The van der Waals surface area contributed by atoms with Gasteiger partial charge in [-0.1, -0.05) is 12.1 Å². The van der Waals surface area contributed by atoms with Crippen molar-refractivity contribution in [1.82, 2.24) is 9.97 Å². The Morgan fingerprint density at radius 2 is 1.59 bits per heavy atom. The van der Waals surface area contributed by atoms with E-state index in [0.717, 1.165) is 10.9 Å². The average molecular weight is 431 g/mol. The van der Waals surface area contributed by atoms with E-state index in [1.807, 2.05) is 6.07 Å². The second-order valence-electron chi connectivity index (χ2n) is 6.90. The van der Waals surface area contributed by atoms with Gasteiger partial charge in [0.15, 0.2) is 0 Å². The number of primary amides is 1. The summed E-state index contributed by atoms with van der Waals surface area (Å²) in [6, 6.07) is 15.4. The minimum atomic E-state index is -0.576. The number of nitrogens with zero attached hydrogens (tertiary/aromatic N) is 1. The van der Waals surface area contributed by atoms with Gasteiger partial charge < -0.3 is 30.8 Å². The van der Waals surface area contributed by atoms with Crippen LogP contribution in [0.25, 0.3) is 22.2 Å². The topological polar surface area (TPSA) is 131 Å². The molecule has 9 nitrogen and oxygen atoms in total. The van der Waals surface area contributed by atoms with Gasteiger partial charge in [0.2, 0.25) is 0 Å². The van der Waals surface area contributed by atoms with E-state index >= 15 is 0 Å². The van der Waals surface area contributed by atoms with Gasteiger partial charge >= 0.3 is 6.03 Å². The highest BCUT2D eigenvalue weighted by atomic mass is 16.5. The lowest BCUT2D eigenvalue weighted by atomic mass is 10.0. The molecule has 32 heavy (non-hydrogen) atoms. The van der Waals surface area contributed by atoms with Gasteiger partial charge in [0, 0.05) is 46.7 Å². The van der Waals surface area contributed by atoms with E-state index in [2.05, 4.69) is 20.6 Å². The number of pyridine rings is 1. The van der Waals surface area contributed by atoms with E-state index in [0.29, 0.717) is 34.1 Å². The number of carbonyl (C=O) groups excluding carboxylic acids is 2. The normalized spacial score (nSPS) is 10.6. The van der Waals surface area contributed by atoms with Crippen molar-refractivity contribution in [1.29, 1.82) is 0 Å². The Balaban J connectivity index is 1.54. The number of methoxy groups -OCH3 is 2. The SMILES string of the molecule is COc1cc(NC(=O)Nc2ccc(-c3c(C(N)=O)[nH]c4ncccc34)cc2)cc(OC)c1. The van der Waals surface area contributed by atoms with Gasteiger partial charge in [-0.05, 0) is 29.8 Å². The molecule has 0 fully saturated rings. The van der Waals surface area contributed by atoms with Crippen molar-refractivity contribution in [3.63, 3.8) is 0 Å². The fourth-order valence-corrected chi connectivity index (χ4v) is 3.40. The van der Waals surface area contributed by atoms with Crippen molar-refractivity contribution in [3.05, 3.63) is 66.5 Å². The molecular formula is C23H21N5O4. The van der Waals surface area contributed by atoms with Gasteiger partial charge in [-0.25, -0.2) is 9.78 Å². The highest BCUT2D eigenvalue weighted by molar-refractivity contribution is 6.08. The summed E-state index contributed by atoms with van der Waals surface area (Å²) in [6.45, 7) is 0. The lowest BCUT2D eigenvalue weighted by Gasteiger charge is -2.11. The van der Waals surface area contributed by atoms with Gasteiger partial charge in [-0.15, -0.1) is 0 Å². The van der Waals surface area contributed by atoms with Gasteiger partial charge in [-0.3, -0.25) is 4.79 Å². The number of anilines is 2. The van der Waals surface area contributed by atoms with Crippen molar-refractivity contribution in [2.24, 2.45) is 5.73 Å². The first kappa shape index (κ1) is 20.7. The zero-order valence-corrected chi connectivity index (χ0v) is 17.4. The number of aromatic amines is 1. The molecule has 2 heterocycles. The fourth-order valence-electron chi connectivity index (χ4n) is 3.40. The fraction of sp³-hybridized carbons (Fsp3) is 0.0870. The van der Waals surface area contributed by atoms with Crippen LogP contribution in [0.5, 0.6) is 11.5 Å². The summed E-state index contributed by atoms with van der Waals surface area (Å²) in [7, 11) is 3.07. The Labute approximate surface area is 183 Å². The van der Waals surface area contributed by atoms with Crippen LogP contribution in [0.4, 0.5) is 16.2 Å². The molecule has 0 aliphatic heterocycles. The summed E-state index contributed by atoms with van der Waals surface area (Å²) >= 11 is 0. The average Bonchev–Trinajstić information content (AvgIpc) is 3.19. The van der Waals surface area contributed by atoms with E-state index < -0.39 is 11.9 Å². The summed E-state index contributed by atoms with van der Waals surface area (Å²) in [5.74, 6) is 0.540. The Morgan fingerprint density at radius 1 is 0.938 bits per heavy atom. The number of H-pyrrole nitrogens is 1. The van der Waals surface area contributed by atoms with Crippen molar-refractivity contribution < 1.29 is 19.1 Å². The number of nitrogens with two attached hydrogens (primary N) is 1. The first-order valence-corrected chi connectivity index (χ1v) is 9.66. The summed E-state index contributed by atoms with van der Waals surface area (Å²) in [4.78, 5) is 31.6. The van der Waals surface area contributed by atoms with E-state index in [4.69, 9.17) is 15.2 Å². The molecule has 0 bridgehead atoms. The molecule has 0 saturated carbocycles. The second-order valence-corrected chi connectivity index (χ2v) is 6.90. The zero-order valence-electron chi connectivity index (χ0n) is 17.4. The number of nitrogens with one attached hydrogen (secondary N) is 3. The molecule has 0 saturated heterocycles. The first-order valence-electron chi connectivity index (χ1n) is 9.66. The molecule has 0 atom stereocenters. The van der Waals surface area contributed by atoms with Gasteiger partial charge in [0.25, 0.3) is 5.91 Å². The summed E-state index contributed by atoms with van der Waals surface area (Å²) < 4.78 is 10.4. The molecule has 9 heteroatoms. The molecule has 4 rings (SSSR count). The van der Waals surface area contributed by atoms with Crippen LogP contribution in [0.1, 0.15) is 10.5 Å². The van der Waals surface area contributed by atoms with Crippen molar-refractivity contribution >= 4 is 34.3 Å². The van der Waals surface area contributed by atoms with E-state index in [1.165, 1.54) is 14.2 Å². The Hall–Kier alpha value is -4.53. The number of benzene rings is 2. The Bertz CT molecular complexity index is 1280. The number of urea groups is 1. The molecule has 0 aliphatic rings. The van der Waals surface area contributed by atoms with Crippen LogP contribution in [0.3, 0.4) is 0 Å². The maximum absolute atomic E-state index is 12.4. The van der Waals surface area contributed by atoms with Gasteiger partial charge in [0.05, 0.1) is 14.2 Å². The predicted octanol–water partition coefficient (Wildman–Crippen LogP) is 3.99. The molecule has 4 aromatic rings. The van der Waals surface area contributed by atoms with Crippen molar-refractivity contribution in [3.8, 4) is 22.6 Å². The van der Waals surface area contributed by atoms with Gasteiger partial charge in [0.1, 0.15) is 22.8 Å². The largest absolute Gasteiger partial charge is 0.497 e. The Kier molecular flexibility index (Phi) is 5.63. The molecule has 2 aromatic heterocycles. The lowest BCUT2D eigenvalue weighted by Crippen LogP contribution is -2.19. The quantitative estimate of drug-likeness (QED) is 0.367. The molecule has 0 spiro atoms. The maximum atomic E-state index is 12.4. The number of aromatic nitrogens is 2. The molecule has 0 radical (unpaired) electrons. The number of hydrogen-bond donors (Lipinski definition) is 4. The number of fused-ring (bicyclic) bond motifs is 1. The van der Waals surface area contributed by atoms with Gasteiger partial charge in [-0.2, -0.15) is 0 Å². The highest BCUT2D eigenvalue weighted by Gasteiger charge is 2.17. The minimum Gasteiger partial charge on any atom is -0.497 e. The lowest BCUT2D eigenvalue weighted by molar-refractivity contribution is 0.0997. The molecular weight excluding hydrogens is 410 g/mol. The highest BCUT2D eigenvalue weighted by Crippen LogP contribution is 2.32. The van der Waals surface area contributed by atoms with Crippen LogP contribution in [0.15, 0.2) is 60.8 Å². The first-order chi connectivity index (χ1) is 15.5. The minimum absolute atomic E-state index is 0.282. The monoisotopic (exact) mass is 431 g/mol. The molecule has 0 aliphatic carbocycles. The van der Waals surface area contributed by atoms with Crippen LogP contribution in [0.2, 0.25) is 0 Å². The Morgan fingerprint density at radius 3 is 2.22 bits per heavy atom. The van der Waals surface area contributed by atoms with E-state index in [-0.39, 0.29) is 5.69 Å². The number of carbonyl (C=O) groups is 2. The van der Waals surface area contributed by atoms with Crippen LogP contribution in [-0.4, -0.2) is 36.1 Å². The number of rotatable bonds is 6. The second kappa shape index (κ2) is 8.68. The smallest absolute Gasteiger partial charge is 0.323 e. The van der Waals surface area contributed by atoms with Crippen LogP contribution >= 0.6 is 0 Å². The van der Waals surface area contributed by atoms with E-state index in [9.17, 15) is 9.59 Å². The third-order valence-electron chi connectivity index (χ3n) is 4.86. The van der Waals surface area contributed by atoms with Crippen molar-refractivity contribution in [2.75, 3.05) is 24.9 Å². The molecule has 5 N–H and O–H groups in total. The maximum Gasteiger partial charge on any atom is 0.323 e. The third kappa shape index (κ3) is 4.17.